The summed E-state index contributed by atoms with van der Waals surface area (Å²) in [6.45, 7) is 5.88. The van der Waals surface area contributed by atoms with Crippen LogP contribution >= 0.6 is 34.4 Å². The molecule has 97 heavy (non-hydrogen) atoms. The summed E-state index contributed by atoms with van der Waals surface area (Å²) in [5.74, 6) is -4.10. The Labute approximate surface area is 583 Å². The molecule has 4 atom stereocenters. The molecular weight excluding hydrogens is 1390 g/mol. The van der Waals surface area contributed by atoms with E-state index in [4.69, 9.17) is 20.6 Å². The molecular formula is C68H92F2IN11O14S. The van der Waals surface area contributed by atoms with Gasteiger partial charge in [-0.15, -0.1) is 18.2 Å². The van der Waals surface area contributed by atoms with Crippen LogP contribution in [0.15, 0.2) is 54.7 Å². The number of pyridine rings is 1. The number of benzene rings is 2. The van der Waals surface area contributed by atoms with Gasteiger partial charge in [0, 0.05) is 125 Å². The fourth-order valence-electron chi connectivity index (χ4n) is 12.4. The Balaban J connectivity index is 0.866. The van der Waals surface area contributed by atoms with Crippen LogP contribution in [-0.2, 0) is 59.0 Å². The van der Waals surface area contributed by atoms with E-state index in [1.54, 1.807) is 30.0 Å². The highest BCUT2D eigenvalue weighted by Gasteiger charge is 2.46. The Morgan fingerprint density at radius 3 is 2.14 bits per heavy atom. The Bertz CT molecular complexity index is 3180. The Morgan fingerprint density at radius 2 is 1.48 bits per heavy atom. The first kappa shape index (κ1) is 77.2. The molecule has 25 nitrogen and oxygen atoms in total. The molecule has 530 valence electrons. The largest absolute Gasteiger partial charge is 0.494 e. The van der Waals surface area contributed by atoms with Crippen molar-refractivity contribution in [3.05, 3.63) is 69.4 Å². The third kappa shape index (κ3) is 25.9. The number of hydrogen-bond acceptors (Lipinski definition) is 19. The van der Waals surface area contributed by atoms with Gasteiger partial charge in [-0.2, -0.15) is 0 Å². The number of carboxylic acid groups (broad SMARTS) is 1. The number of aliphatic carboxylic acids is 1. The molecule has 0 spiro atoms. The smallest absolute Gasteiger partial charge is 0.317 e. The Kier molecular flexibility index (Phi) is 31.9. The van der Waals surface area contributed by atoms with Gasteiger partial charge in [0.25, 0.3) is 24.8 Å². The summed E-state index contributed by atoms with van der Waals surface area (Å²) in [6, 6.07) is 13.9. The van der Waals surface area contributed by atoms with E-state index < -0.39 is 60.4 Å². The number of aromatic nitrogens is 1. The number of unbranched alkanes of at least 4 members (excludes halogenated alkanes) is 3. The minimum atomic E-state index is -3.10. The average Bonchev–Trinajstić information content (AvgIpc) is 1.68. The zero-order valence-electron chi connectivity index (χ0n) is 55.2. The van der Waals surface area contributed by atoms with Crippen molar-refractivity contribution >= 4 is 106 Å². The SMILES string of the molecule is C#C[C@H]1CC(F)(F)CN1C(=O)CNC(=O)c1ccnc2ccc(OCCCCC3CCN(C(=O)[C@H](C)CN4C(=O)CC(SC(CCCCCNC(=O)CCCc5ccc(I)cc5)CNC(=O)CN5CCN(COC=O)CCN(COC=O)CCN(CC(=O)O)CC5)C4=O)CC3)cc12. The van der Waals surface area contributed by atoms with Gasteiger partial charge in [0.05, 0.1) is 61.1 Å². The van der Waals surface area contributed by atoms with Crippen LogP contribution in [0.2, 0.25) is 0 Å². The minimum absolute atomic E-state index is 0.00320. The number of carboxylic acids is 1. The third-order valence-electron chi connectivity index (χ3n) is 17.9. The molecule has 2 aromatic carbocycles. The van der Waals surface area contributed by atoms with Crippen LogP contribution in [0.25, 0.3) is 10.9 Å². The van der Waals surface area contributed by atoms with Gasteiger partial charge >= 0.3 is 5.97 Å². The Morgan fingerprint density at radius 1 is 0.814 bits per heavy atom. The second kappa shape index (κ2) is 40.1. The zero-order chi connectivity index (χ0) is 69.7. The van der Waals surface area contributed by atoms with Crippen molar-refractivity contribution in [2.75, 3.05) is 131 Å². The first-order valence-corrected chi connectivity index (χ1v) is 35.4. The maximum atomic E-state index is 14.2. The number of piperidine rings is 1. The molecule has 4 fully saturated rings. The van der Waals surface area contributed by atoms with Crippen molar-refractivity contribution in [2.24, 2.45) is 11.8 Å². The van der Waals surface area contributed by atoms with E-state index in [2.05, 4.69) is 61.6 Å². The van der Waals surface area contributed by atoms with Crippen molar-refractivity contribution < 1.29 is 76.0 Å². The summed E-state index contributed by atoms with van der Waals surface area (Å²) < 4.78 is 45.3. The van der Waals surface area contributed by atoms with E-state index in [0.717, 1.165) is 66.3 Å². The number of rotatable bonds is 36. The maximum Gasteiger partial charge on any atom is 0.317 e. The number of alkyl halides is 2. The number of thioether (sulfide) groups is 1. The van der Waals surface area contributed by atoms with E-state index in [1.165, 1.54) is 34.5 Å². The van der Waals surface area contributed by atoms with Crippen LogP contribution in [0.3, 0.4) is 0 Å². The van der Waals surface area contributed by atoms with Gasteiger partial charge in [-0.1, -0.05) is 44.2 Å². The number of fused-ring (bicyclic) bond motifs is 1. The van der Waals surface area contributed by atoms with Gasteiger partial charge in [-0.3, -0.25) is 77.4 Å². The zero-order valence-corrected chi connectivity index (χ0v) is 58.2. The number of halogens is 3. The van der Waals surface area contributed by atoms with Crippen molar-refractivity contribution in [1.82, 2.24) is 55.2 Å². The molecule has 2 unspecified atom stereocenters. The molecule has 7 amide bonds. The second-order valence-corrected chi connectivity index (χ2v) is 28.0. The quantitative estimate of drug-likeness (QED) is 0.0205. The van der Waals surface area contributed by atoms with E-state index in [9.17, 15) is 61.8 Å². The normalized spacial score (nSPS) is 19.3. The molecule has 4 saturated heterocycles. The van der Waals surface area contributed by atoms with Gasteiger partial charge < -0.3 is 45.1 Å². The molecule has 0 bridgehead atoms. The summed E-state index contributed by atoms with van der Waals surface area (Å²) in [5, 5.41) is 17.8. The molecule has 1 aromatic heterocycles. The van der Waals surface area contributed by atoms with Crippen molar-refractivity contribution in [2.45, 2.75) is 119 Å². The highest BCUT2D eigenvalue weighted by molar-refractivity contribution is 14.1. The summed E-state index contributed by atoms with van der Waals surface area (Å²) in [5.41, 5.74) is 1.94. The fraction of sp³-hybridized carbons (Fsp3) is 0.603. The predicted molar refractivity (Wildman–Crippen MR) is 367 cm³/mol. The van der Waals surface area contributed by atoms with Crippen molar-refractivity contribution in [3.63, 3.8) is 0 Å². The molecule has 4 aliphatic heterocycles. The van der Waals surface area contributed by atoms with Gasteiger partial charge in [0.2, 0.25) is 35.4 Å². The summed E-state index contributed by atoms with van der Waals surface area (Å²) in [4.78, 5) is 144. The molecule has 4 aliphatic rings. The van der Waals surface area contributed by atoms with Crippen LogP contribution in [0.5, 0.6) is 5.75 Å². The monoisotopic (exact) mass is 1480 g/mol. The van der Waals surface area contributed by atoms with Gasteiger partial charge in [-0.25, -0.2) is 8.78 Å². The summed E-state index contributed by atoms with van der Waals surface area (Å²) in [6.07, 6.45) is 15.0. The molecule has 7 rings (SSSR count). The number of ether oxygens (including phenoxy) is 3. The molecule has 0 saturated carbocycles. The summed E-state index contributed by atoms with van der Waals surface area (Å²) in [7, 11) is 0. The molecule has 0 radical (unpaired) electrons. The van der Waals surface area contributed by atoms with Gasteiger partial charge in [0.1, 0.15) is 19.2 Å². The summed E-state index contributed by atoms with van der Waals surface area (Å²) >= 11 is 3.61. The van der Waals surface area contributed by atoms with Crippen molar-refractivity contribution in [3.8, 4) is 18.1 Å². The highest BCUT2D eigenvalue weighted by atomic mass is 127. The standard InChI is InChI=1S/C68H92F2IN11O14S/c1-3-53-38-68(69,70)44-82(53)63(88)40-75-65(91)56-20-24-72-58-19-18-54(36-57(56)58)96-35-8-6-10-51-21-25-80(26-22-51)66(92)49(2)41-81-62(87)37-59(67(81)93)97-55(12-5-4-7-23-73-60(85)13-9-11-50-14-16-52(71)17-15-50)39-74-61(86)42-76-27-28-77(43-64(89)90)30-32-79(46-95-48-84)34-33-78(31-29-76)45-94-47-83/h1,14-20,24,36,47-49,51,53,55,59H,4-13,21-23,25-35,37-46H2,2H3,(H,73,85)(H,74,86)(H,75,91)(H,89,90)/t49-,53+,55?,59?/m1/s1. The van der Waals surface area contributed by atoms with Gasteiger partial charge in [0.15, 0.2) is 0 Å². The first-order valence-electron chi connectivity index (χ1n) is 33.4. The number of likely N-dealkylation sites (tertiary alicyclic amines) is 3. The molecule has 3 aromatic rings. The van der Waals surface area contributed by atoms with Crippen molar-refractivity contribution in [1.29, 1.82) is 0 Å². The number of carbonyl (C=O) groups is 10. The van der Waals surface area contributed by atoms with Crippen LogP contribution in [-0.4, -0.2) is 258 Å². The van der Waals surface area contributed by atoms with Gasteiger partial charge in [-0.05, 0) is 122 Å². The van der Waals surface area contributed by atoms with E-state index >= 15 is 0 Å². The lowest BCUT2D eigenvalue weighted by atomic mass is 9.91. The van der Waals surface area contributed by atoms with Crippen LogP contribution < -0.4 is 20.7 Å². The highest BCUT2D eigenvalue weighted by Crippen LogP contribution is 2.34. The topological polar surface area (TPSA) is 290 Å². The molecule has 29 heteroatoms. The molecule has 0 aliphatic carbocycles. The van der Waals surface area contributed by atoms with E-state index in [-0.39, 0.29) is 86.4 Å². The fourth-order valence-corrected chi connectivity index (χ4v) is 14.2. The predicted octanol–water partition coefficient (Wildman–Crippen LogP) is 4.47. The van der Waals surface area contributed by atoms with Crippen LogP contribution in [0, 0.1) is 27.7 Å². The number of carbonyl (C=O) groups excluding carboxylic acids is 9. The number of terminal acetylenes is 1. The third-order valence-corrected chi connectivity index (χ3v) is 20.1. The lowest BCUT2D eigenvalue weighted by Gasteiger charge is -2.34. The number of hydrogen-bond donors (Lipinski definition) is 4. The number of nitrogens with zero attached hydrogens (tertiary/aromatic N) is 8. The molecule has 5 heterocycles. The lowest BCUT2D eigenvalue weighted by Crippen LogP contribution is -2.49. The van der Waals surface area contributed by atoms with E-state index in [0.29, 0.717) is 133 Å². The lowest BCUT2D eigenvalue weighted by molar-refractivity contribution is -0.143. The number of amides is 7. The minimum Gasteiger partial charge on any atom is -0.494 e. The number of aryl methyl sites for hydroxylation is 1. The average molecular weight is 1480 g/mol. The van der Waals surface area contributed by atoms with E-state index in [1.807, 2.05) is 31.7 Å². The first-order chi connectivity index (χ1) is 46.7. The number of imide groups is 1. The van der Waals surface area contributed by atoms with Crippen LogP contribution in [0.4, 0.5) is 8.78 Å². The second-order valence-electron chi connectivity index (χ2n) is 25.2. The molecule has 4 N–H and O–H groups in total. The van der Waals surface area contributed by atoms with Crippen LogP contribution in [0.1, 0.15) is 106 Å². The number of nitrogens with one attached hydrogen (secondary N) is 3. The maximum absolute atomic E-state index is 14.2. The Hall–Kier alpha value is -7.11.